The van der Waals surface area contributed by atoms with Crippen LogP contribution in [0.3, 0.4) is 0 Å². The van der Waals surface area contributed by atoms with Gasteiger partial charge in [0.1, 0.15) is 5.76 Å². The van der Waals surface area contributed by atoms with E-state index in [2.05, 4.69) is 21.0 Å². The Morgan fingerprint density at radius 1 is 1.26 bits per heavy atom. The van der Waals surface area contributed by atoms with Crippen LogP contribution >= 0.6 is 0 Å². The van der Waals surface area contributed by atoms with Crippen molar-refractivity contribution in [3.05, 3.63) is 28.7 Å². The van der Waals surface area contributed by atoms with Gasteiger partial charge in [0.2, 0.25) is 5.91 Å². The SMILES string of the molecule is Cc1noc(C)c1CC(=O)N1CCCC2=CC3CC(CN4CCCCC34)C21. The minimum atomic E-state index is 0.249. The first kappa shape index (κ1) is 17.5. The first-order valence-corrected chi connectivity index (χ1v) is 10.8. The highest BCUT2D eigenvalue weighted by Crippen LogP contribution is 2.45. The number of aromatic nitrogens is 1. The predicted molar refractivity (Wildman–Crippen MR) is 103 cm³/mol. The van der Waals surface area contributed by atoms with Gasteiger partial charge in [-0.2, -0.15) is 0 Å². The normalized spacial score (nSPS) is 33.3. The van der Waals surface area contributed by atoms with Crippen molar-refractivity contribution in [2.24, 2.45) is 11.8 Å². The van der Waals surface area contributed by atoms with Gasteiger partial charge in [-0.05, 0) is 64.3 Å². The predicted octanol–water partition coefficient (Wildman–Crippen LogP) is 3.26. The van der Waals surface area contributed by atoms with E-state index in [9.17, 15) is 4.79 Å². The molecule has 4 atom stereocenters. The highest BCUT2D eigenvalue weighted by atomic mass is 16.5. The molecular formula is C22H31N3O2. The molecule has 0 spiro atoms. The zero-order valence-corrected chi connectivity index (χ0v) is 16.6. The van der Waals surface area contributed by atoms with Crippen molar-refractivity contribution in [3.63, 3.8) is 0 Å². The van der Waals surface area contributed by atoms with Crippen LogP contribution < -0.4 is 0 Å². The number of likely N-dealkylation sites (tertiary alicyclic amines) is 1. The lowest BCUT2D eigenvalue weighted by atomic mass is 9.68. The van der Waals surface area contributed by atoms with E-state index in [1.165, 1.54) is 45.2 Å². The molecule has 5 rings (SSSR count). The fraction of sp³-hybridized carbons (Fsp3) is 0.727. The molecule has 146 valence electrons. The van der Waals surface area contributed by atoms with E-state index in [0.29, 0.717) is 24.3 Å². The number of fused-ring (bicyclic) bond motifs is 6. The van der Waals surface area contributed by atoms with E-state index >= 15 is 0 Å². The Bertz CT molecular complexity index is 748. The molecule has 1 aromatic rings. The second-order valence-corrected chi connectivity index (χ2v) is 9.07. The summed E-state index contributed by atoms with van der Waals surface area (Å²) < 4.78 is 5.28. The van der Waals surface area contributed by atoms with E-state index in [1.807, 2.05) is 13.8 Å². The number of rotatable bonds is 2. The van der Waals surface area contributed by atoms with Crippen LogP contribution in [0.15, 0.2) is 16.2 Å². The van der Waals surface area contributed by atoms with E-state index in [1.54, 1.807) is 5.57 Å². The summed E-state index contributed by atoms with van der Waals surface area (Å²) in [6.07, 6.45) is 10.6. The number of carbonyl (C=O) groups excluding carboxylic acids is 1. The fourth-order valence-corrected chi connectivity index (χ4v) is 6.26. The lowest BCUT2D eigenvalue weighted by Gasteiger charge is -2.54. The molecule has 0 saturated carbocycles. The molecule has 1 aromatic heterocycles. The van der Waals surface area contributed by atoms with E-state index < -0.39 is 0 Å². The van der Waals surface area contributed by atoms with E-state index in [4.69, 9.17) is 4.52 Å². The summed E-state index contributed by atoms with van der Waals surface area (Å²) in [5.41, 5.74) is 3.38. The van der Waals surface area contributed by atoms with Crippen LogP contribution in [0.4, 0.5) is 0 Å². The molecule has 4 heterocycles. The van der Waals surface area contributed by atoms with Crippen LogP contribution in [0, 0.1) is 25.7 Å². The molecule has 3 aliphatic heterocycles. The lowest BCUT2D eigenvalue weighted by Crippen LogP contribution is -2.60. The van der Waals surface area contributed by atoms with Gasteiger partial charge >= 0.3 is 0 Å². The fourth-order valence-electron chi connectivity index (χ4n) is 6.26. The maximum Gasteiger partial charge on any atom is 0.227 e. The van der Waals surface area contributed by atoms with Crippen LogP contribution in [-0.4, -0.2) is 52.6 Å². The third-order valence-electron chi connectivity index (χ3n) is 7.49. The average molecular weight is 370 g/mol. The van der Waals surface area contributed by atoms with Gasteiger partial charge in [0, 0.05) is 24.7 Å². The third-order valence-corrected chi connectivity index (χ3v) is 7.49. The lowest BCUT2D eigenvalue weighted by molar-refractivity contribution is -0.135. The number of nitrogens with zero attached hydrogens (tertiary/aromatic N) is 3. The van der Waals surface area contributed by atoms with Gasteiger partial charge in [0.25, 0.3) is 0 Å². The molecule has 27 heavy (non-hydrogen) atoms. The van der Waals surface area contributed by atoms with Crippen LogP contribution in [0.5, 0.6) is 0 Å². The van der Waals surface area contributed by atoms with Gasteiger partial charge in [-0.3, -0.25) is 9.69 Å². The number of hydrogen-bond acceptors (Lipinski definition) is 4. The summed E-state index contributed by atoms with van der Waals surface area (Å²) in [4.78, 5) is 18.2. The van der Waals surface area contributed by atoms with Gasteiger partial charge in [0.15, 0.2) is 0 Å². The summed E-state index contributed by atoms with van der Waals surface area (Å²) in [5, 5.41) is 4.03. The van der Waals surface area contributed by atoms with Gasteiger partial charge in [-0.25, -0.2) is 0 Å². The smallest absolute Gasteiger partial charge is 0.227 e. The van der Waals surface area contributed by atoms with Crippen LogP contribution in [0.2, 0.25) is 0 Å². The Labute approximate surface area is 161 Å². The molecule has 1 aliphatic carbocycles. The van der Waals surface area contributed by atoms with Crippen molar-refractivity contribution in [1.29, 1.82) is 0 Å². The summed E-state index contributed by atoms with van der Waals surface area (Å²) in [6.45, 7) is 7.17. The molecule has 4 unspecified atom stereocenters. The van der Waals surface area contributed by atoms with Gasteiger partial charge in [-0.15, -0.1) is 0 Å². The first-order chi connectivity index (χ1) is 13.1. The first-order valence-electron chi connectivity index (χ1n) is 10.8. The Hall–Kier alpha value is -1.62. The van der Waals surface area contributed by atoms with Crippen LogP contribution in [0.1, 0.15) is 55.5 Å². The molecule has 0 aromatic carbocycles. The second-order valence-electron chi connectivity index (χ2n) is 9.07. The molecule has 3 saturated heterocycles. The Balaban J connectivity index is 1.40. The maximum atomic E-state index is 13.3. The molecule has 1 amide bonds. The zero-order valence-electron chi connectivity index (χ0n) is 16.6. The van der Waals surface area contributed by atoms with Crippen molar-refractivity contribution >= 4 is 5.91 Å². The second kappa shape index (κ2) is 6.77. The molecule has 2 bridgehead atoms. The standard InChI is InChI=1S/C22H31N3O2/c1-14-19(15(2)27-23-14)12-21(26)25-9-5-6-16-10-17-11-18(22(16)25)13-24-8-4-3-7-20(17)24/h10,17-18,20,22H,3-9,11-13H2,1-2H3. The van der Waals surface area contributed by atoms with Gasteiger partial charge in [0.05, 0.1) is 18.2 Å². The Kier molecular flexibility index (Phi) is 4.38. The monoisotopic (exact) mass is 369 g/mol. The summed E-state index contributed by atoms with van der Waals surface area (Å²) in [5.74, 6) is 2.36. The summed E-state index contributed by atoms with van der Waals surface area (Å²) in [7, 11) is 0. The minimum absolute atomic E-state index is 0.249. The van der Waals surface area contributed by atoms with Gasteiger partial charge < -0.3 is 9.42 Å². The Morgan fingerprint density at radius 3 is 2.96 bits per heavy atom. The van der Waals surface area contributed by atoms with Crippen LogP contribution in [-0.2, 0) is 11.2 Å². The topological polar surface area (TPSA) is 49.6 Å². The number of hydrogen-bond donors (Lipinski definition) is 0. The van der Waals surface area contributed by atoms with Crippen molar-refractivity contribution in [3.8, 4) is 0 Å². The summed E-state index contributed by atoms with van der Waals surface area (Å²) in [6, 6.07) is 1.09. The quantitative estimate of drug-likeness (QED) is 0.751. The number of aryl methyl sites for hydroxylation is 2. The zero-order chi connectivity index (χ0) is 18.5. The van der Waals surface area contributed by atoms with E-state index in [-0.39, 0.29) is 5.91 Å². The largest absolute Gasteiger partial charge is 0.361 e. The molecule has 3 fully saturated rings. The molecular weight excluding hydrogens is 338 g/mol. The highest BCUT2D eigenvalue weighted by Gasteiger charge is 2.46. The molecule has 5 heteroatoms. The summed E-state index contributed by atoms with van der Waals surface area (Å²) >= 11 is 0. The van der Waals surface area contributed by atoms with Crippen molar-refractivity contribution in [2.45, 2.75) is 70.9 Å². The number of carbonyl (C=O) groups is 1. The average Bonchev–Trinajstić information content (AvgIpc) is 2.99. The Morgan fingerprint density at radius 2 is 2.15 bits per heavy atom. The minimum Gasteiger partial charge on any atom is -0.361 e. The van der Waals surface area contributed by atoms with Crippen molar-refractivity contribution in [2.75, 3.05) is 19.6 Å². The van der Waals surface area contributed by atoms with Gasteiger partial charge in [-0.1, -0.05) is 23.2 Å². The molecule has 5 nitrogen and oxygen atoms in total. The molecule has 4 aliphatic rings. The molecule has 0 radical (unpaired) electrons. The molecule has 0 N–H and O–H groups in total. The number of piperidine rings is 3. The third kappa shape index (κ3) is 2.95. The highest BCUT2D eigenvalue weighted by molar-refractivity contribution is 5.80. The maximum absolute atomic E-state index is 13.3. The van der Waals surface area contributed by atoms with E-state index in [0.717, 1.165) is 36.0 Å². The van der Waals surface area contributed by atoms with Crippen LogP contribution in [0.25, 0.3) is 0 Å². The van der Waals surface area contributed by atoms with Crippen molar-refractivity contribution < 1.29 is 9.32 Å². The van der Waals surface area contributed by atoms with Crippen molar-refractivity contribution in [1.82, 2.24) is 15.0 Å². The number of amides is 1.